The van der Waals surface area contributed by atoms with Crippen LogP contribution in [-0.2, 0) is 11.3 Å². The molecule has 1 aliphatic rings. The van der Waals surface area contributed by atoms with Gasteiger partial charge < -0.3 is 23.7 Å². The van der Waals surface area contributed by atoms with Crippen molar-refractivity contribution < 1.29 is 28.5 Å². The number of benzene rings is 1. The van der Waals surface area contributed by atoms with Crippen molar-refractivity contribution in [3.8, 4) is 11.5 Å². The van der Waals surface area contributed by atoms with Gasteiger partial charge in [-0.15, -0.1) is 0 Å². The zero-order chi connectivity index (χ0) is 20.6. The van der Waals surface area contributed by atoms with Gasteiger partial charge in [-0.1, -0.05) is 0 Å². The minimum atomic E-state index is -0.706. The van der Waals surface area contributed by atoms with Crippen LogP contribution in [0.5, 0.6) is 11.5 Å². The van der Waals surface area contributed by atoms with E-state index in [2.05, 4.69) is 4.90 Å². The zero-order valence-corrected chi connectivity index (χ0v) is 17.0. The Morgan fingerprint density at radius 2 is 2.17 bits per heavy atom. The number of methoxy groups -OCH3 is 1. The van der Waals surface area contributed by atoms with Gasteiger partial charge >= 0.3 is 0 Å². The number of aliphatic hydroxyl groups is 1. The molecule has 0 saturated carbocycles. The molecule has 1 fully saturated rings. The van der Waals surface area contributed by atoms with Crippen LogP contribution in [0.1, 0.15) is 34.7 Å². The van der Waals surface area contributed by atoms with Gasteiger partial charge in [-0.2, -0.15) is 0 Å². The standard InChI is InChI=1S/C22H29NO6/c1-16-5-7-20(29-16)13-23(12-19-4-3-9-27-19)11-18(25)15-28-21-8-6-17(14-24)10-22(21)26-2/h5-8,10,14,18-19,25H,3-4,9,11-13,15H2,1-2H3. The second-order valence-corrected chi connectivity index (χ2v) is 7.33. The molecule has 1 aromatic carbocycles. The second-order valence-electron chi connectivity index (χ2n) is 7.33. The number of carbonyl (C=O) groups is 1. The lowest BCUT2D eigenvalue weighted by Gasteiger charge is -2.26. The summed E-state index contributed by atoms with van der Waals surface area (Å²) >= 11 is 0. The summed E-state index contributed by atoms with van der Waals surface area (Å²) in [5.41, 5.74) is 0.506. The van der Waals surface area contributed by atoms with Crippen LogP contribution in [0.4, 0.5) is 0 Å². The molecular formula is C22H29NO6. The lowest BCUT2D eigenvalue weighted by atomic mass is 10.2. The number of carbonyl (C=O) groups excluding carboxylic acids is 1. The Kier molecular flexibility index (Phi) is 7.69. The summed E-state index contributed by atoms with van der Waals surface area (Å²) in [5.74, 6) is 2.68. The first-order valence-electron chi connectivity index (χ1n) is 9.90. The highest BCUT2D eigenvalue weighted by Crippen LogP contribution is 2.27. The average molecular weight is 403 g/mol. The van der Waals surface area contributed by atoms with Gasteiger partial charge in [0.2, 0.25) is 0 Å². The van der Waals surface area contributed by atoms with Crippen molar-refractivity contribution in [2.24, 2.45) is 0 Å². The summed E-state index contributed by atoms with van der Waals surface area (Å²) < 4.78 is 22.5. The molecule has 0 aliphatic carbocycles. The highest BCUT2D eigenvalue weighted by atomic mass is 16.5. The number of nitrogens with zero attached hydrogens (tertiary/aromatic N) is 1. The summed E-state index contributed by atoms with van der Waals surface area (Å²) in [6.45, 7) is 4.57. The van der Waals surface area contributed by atoms with E-state index in [4.69, 9.17) is 18.6 Å². The highest BCUT2D eigenvalue weighted by Gasteiger charge is 2.22. The van der Waals surface area contributed by atoms with Crippen LogP contribution in [0.2, 0.25) is 0 Å². The lowest BCUT2D eigenvalue weighted by molar-refractivity contribution is 0.0286. The zero-order valence-electron chi connectivity index (χ0n) is 17.0. The molecule has 2 atom stereocenters. The molecule has 2 aromatic rings. The molecule has 1 N–H and O–H groups in total. The summed E-state index contributed by atoms with van der Waals surface area (Å²) in [5, 5.41) is 10.6. The van der Waals surface area contributed by atoms with E-state index in [1.165, 1.54) is 7.11 Å². The first kappa shape index (κ1) is 21.4. The number of aryl methyl sites for hydroxylation is 1. The molecule has 0 amide bonds. The number of rotatable bonds is 11. The Morgan fingerprint density at radius 3 is 2.83 bits per heavy atom. The SMILES string of the molecule is COc1cc(C=O)ccc1OCC(O)CN(Cc1ccc(C)o1)CC1CCCO1. The minimum absolute atomic E-state index is 0.107. The number of furan rings is 1. The van der Waals surface area contributed by atoms with Crippen LogP contribution >= 0.6 is 0 Å². The van der Waals surface area contributed by atoms with Gasteiger partial charge in [0.25, 0.3) is 0 Å². The Bertz CT molecular complexity index is 783. The molecule has 2 unspecified atom stereocenters. The number of hydrogen-bond donors (Lipinski definition) is 1. The quantitative estimate of drug-likeness (QED) is 0.578. The molecule has 0 radical (unpaired) electrons. The maximum Gasteiger partial charge on any atom is 0.161 e. The third-order valence-corrected chi connectivity index (χ3v) is 4.89. The fourth-order valence-corrected chi connectivity index (χ4v) is 3.48. The van der Waals surface area contributed by atoms with Crippen LogP contribution in [0.3, 0.4) is 0 Å². The van der Waals surface area contributed by atoms with Crippen molar-refractivity contribution in [3.05, 3.63) is 47.4 Å². The Hall–Kier alpha value is -2.35. The van der Waals surface area contributed by atoms with Gasteiger partial charge in [0.05, 0.1) is 19.8 Å². The Labute approximate surface area is 171 Å². The largest absolute Gasteiger partial charge is 0.493 e. The van der Waals surface area contributed by atoms with Gasteiger partial charge in [0.15, 0.2) is 11.5 Å². The predicted octanol–water partition coefficient (Wildman–Crippen LogP) is 2.83. The summed E-state index contributed by atoms with van der Waals surface area (Å²) in [6, 6.07) is 8.83. The Balaban J connectivity index is 1.58. The molecule has 29 heavy (non-hydrogen) atoms. The maximum absolute atomic E-state index is 10.9. The first-order valence-corrected chi connectivity index (χ1v) is 9.90. The van der Waals surface area contributed by atoms with Crippen molar-refractivity contribution in [2.45, 2.75) is 38.5 Å². The van der Waals surface area contributed by atoms with Gasteiger partial charge in [0.1, 0.15) is 30.5 Å². The van der Waals surface area contributed by atoms with Gasteiger partial charge in [-0.25, -0.2) is 0 Å². The van der Waals surface area contributed by atoms with E-state index in [0.29, 0.717) is 30.2 Å². The molecule has 158 valence electrons. The smallest absolute Gasteiger partial charge is 0.161 e. The molecule has 1 saturated heterocycles. The fraction of sp³-hybridized carbons (Fsp3) is 0.500. The van der Waals surface area contributed by atoms with Crippen LogP contribution < -0.4 is 9.47 Å². The van der Waals surface area contributed by atoms with Gasteiger partial charge in [-0.05, 0) is 50.1 Å². The summed E-state index contributed by atoms with van der Waals surface area (Å²) in [6.07, 6.45) is 2.32. The second kappa shape index (κ2) is 10.4. The maximum atomic E-state index is 10.9. The van der Waals surface area contributed by atoms with Gasteiger partial charge in [-0.3, -0.25) is 9.69 Å². The topological polar surface area (TPSA) is 81.4 Å². The Morgan fingerprint density at radius 1 is 1.31 bits per heavy atom. The molecule has 1 aromatic heterocycles. The van der Waals surface area contributed by atoms with E-state index in [-0.39, 0.29) is 12.7 Å². The van der Waals surface area contributed by atoms with E-state index in [1.54, 1.807) is 18.2 Å². The highest BCUT2D eigenvalue weighted by molar-refractivity contribution is 5.76. The third-order valence-electron chi connectivity index (χ3n) is 4.89. The van der Waals surface area contributed by atoms with Crippen molar-refractivity contribution in [2.75, 3.05) is 33.4 Å². The monoisotopic (exact) mass is 403 g/mol. The molecule has 7 heteroatoms. The molecular weight excluding hydrogens is 374 g/mol. The van der Waals surface area contributed by atoms with E-state index in [1.807, 2.05) is 19.1 Å². The predicted molar refractivity (Wildman–Crippen MR) is 108 cm³/mol. The normalized spacial score (nSPS) is 17.4. The number of aliphatic hydroxyl groups excluding tert-OH is 1. The van der Waals surface area contributed by atoms with Crippen LogP contribution in [0.25, 0.3) is 0 Å². The number of hydrogen-bond acceptors (Lipinski definition) is 7. The van der Waals surface area contributed by atoms with Crippen molar-refractivity contribution in [1.82, 2.24) is 4.90 Å². The molecule has 0 spiro atoms. The minimum Gasteiger partial charge on any atom is -0.493 e. The lowest BCUT2D eigenvalue weighted by Crippen LogP contribution is -2.39. The van der Waals surface area contributed by atoms with E-state index in [9.17, 15) is 9.90 Å². The molecule has 0 bridgehead atoms. The number of ether oxygens (including phenoxy) is 3. The van der Waals surface area contributed by atoms with Gasteiger partial charge in [0, 0.05) is 25.3 Å². The molecule has 3 rings (SSSR count). The molecule has 1 aliphatic heterocycles. The van der Waals surface area contributed by atoms with Crippen molar-refractivity contribution in [1.29, 1.82) is 0 Å². The molecule has 7 nitrogen and oxygen atoms in total. The van der Waals surface area contributed by atoms with Crippen LogP contribution in [0.15, 0.2) is 34.7 Å². The van der Waals surface area contributed by atoms with E-state index < -0.39 is 6.10 Å². The van der Waals surface area contributed by atoms with E-state index >= 15 is 0 Å². The van der Waals surface area contributed by atoms with Crippen LogP contribution in [0, 0.1) is 6.92 Å². The summed E-state index contributed by atoms with van der Waals surface area (Å²) in [4.78, 5) is 13.0. The van der Waals surface area contributed by atoms with Crippen molar-refractivity contribution in [3.63, 3.8) is 0 Å². The van der Waals surface area contributed by atoms with Crippen molar-refractivity contribution >= 4 is 6.29 Å². The third kappa shape index (κ3) is 6.32. The average Bonchev–Trinajstić information content (AvgIpc) is 3.37. The van der Waals surface area contributed by atoms with E-state index in [0.717, 1.165) is 43.8 Å². The number of aldehydes is 1. The molecule has 2 heterocycles. The first-order chi connectivity index (χ1) is 14.1. The fourth-order valence-electron chi connectivity index (χ4n) is 3.48. The summed E-state index contributed by atoms with van der Waals surface area (Å²) in [7, 11) is 1.52. The van der Waals surface area contributed by atoms with Crippen LogP contribution in [-0.4, -0.2) is 61.9 Å².